The Bertz CT molecular complexity index is 646. The van der Waals surface area contributed by atoms with Crippen LogP contribution in [0, 0.1) is 5.82 Å². The van der Waals surface area contributed by atoms with Crippen molar-refractivity contribution in [3.05, 3.63) is 35.8 Å². The van der Waals surface area contributed by atoms with Gasteiger partial charge in [0.2, 0.25) is 6.41 Å². The van der Waals surface area contributed by atoms with Crippen LogP contribution >= 0.6 is 0 Å². The first-order valence-electron chi connectivity index (χ1n) is 5.11. The van der Waals surface area contributed by atoms with Crippen molar-refractivity contribution >= 4 is 29.0 Å². The van der Waals surface area contributed by atoms with Gasteiger partial charge < -0.3 is 10.1 Å². The van der Waals surface area contributed by atoms with Crippen molar-refractivity contribution in [2.75, 3.05) is 0 Å². The molecule has 2 aromatic rings. The van der Waals surface area contributed by atoms with Gasteiger partial charge >= 0.3 is 5.97 Å². The van der Waals surface area contributed by atoms with Gasteiger partial charge in [-0.1, -0.05) is 12.1 Å². The number of rotatable bonds is 4. The molecule has 6 heteroatoms. The number of hydrogen-bond acceptors (Lipinski definition) is 2. The van der Waals surface area contributed by atoms with Crippen molar-refractivity contribution in [2.24, 2.45) is 4.99 Å². The quantitative estimate of drug-likeness (QED) is 0.635. The fourth-order valence-electron chi connectivity index (χ4n) is 1.74. The smallest absolute Gasteiger partial charge is 0.350 e. The Morgan fingerprint density at radius 2 is 2.28 bits per heavy atom. The molecule has 2 rings (SSSR count). The van der Waals surface area contributed by atoms with Crippen LogP contribution in [-0.4, -0.2) is 28.2 Å². The highest BCUT2D eigenvalue weighted by Gasteiger charge is 2.14. The molecule has 0 atom stereocenters. The largest absolute Gasteiger partial charge is 0.477 e. The highest BCUT2D eigenvalue weighted by Crippen LogP contribution is 2.21. The average molecular weight is 248 g/mol. The van der Waals surface area contributed by atoms with E-state index in [4.69, 9.17) is 5.11 Å². The molecule has 0 unspecified atom stereocenters. The summed E-state index contributed by atoms with van der Waals surface area (Å²) in [5.41, 5.74) is 0.603. The van der Waals surface area contributed by atoms with Crippen LogP contribution in [0.1, 0.15) is 5.56 Å². The summed E-state index contributed by atoms with van der Waals surface area (Å²) in [6, 6.07) is 4.51. The maximum atomic E-state index is 13.4. The first kappa shape index (κ1) is 12.0. The normalized spacial score (nSPS) is 11.7. The van der Waals surface area contributed by atoms with Crippen molar-refractivity contribution in [1.82, 2.24) is 4.98 Å². The Balaban J connectivity index is 2.43. The van der Waals surface area contributed by atoms with E-state index in [1.807, 2.05) is 0 Å². The molecule has 1 aromatic carbocycles. The standard InChI is InChI=1S/C12H9FN2O3/c13-9-3-1-2-8-7(5-14-11(8)9)4-10(12(17)18)15-6-16/h1-3,5-6,14H,4H2,(H,17,18). The summed E-state index contributed by atoms with van der Waals surface area (Å²) < 4.78 is 13.4. The minimum atomic E-state index is -1.27. The number of benzene rings is 1. The summed E-state index contributed by atoms with van der Waals surface area (Å²) in [7, 11) is 0. The Morgan fingerprint density at radius 3 is 2.94 bits per heavy atom. The number of H-pyrrole nitrogens is 1. The van der Waals surface area contributed by atoms with Crippen molar-refractivity contribution in [3.8, 4) is 0 Å². The number of amides is 1. The van der Waals surface area contributed by atoms with E-state index in [9.17, 15) is 14.0 Å². The van der Waals surface area contributed by atoms with Crippen LogP contribution in [0.25, 0.3) is 10.9 Å². The number of carboxylic acid groups (broad SMARTS) is 1. The van der Waals surface area contributed by atoms with Crippen LogP contribution in [0.4, 0.5) is 4.39 Å². The van der Waals surface area contributed by atoms with Crippen LogP contribution in [0.5, 0.6) is 0 Å². The third-order valence-electron chi connectivity index (χ3n) is 2.56. The second kappa shape index (κ2) is 4.79. The predicted molar refractivity (Wildman–Crippen MR) is 63.1 cm³/mol. The van der Waals surface area contributed by atoms with Crippen molar-refractivity contribution < 1.29 is 19.1 Å². The van der Waals surface area contributed by atoms with E-state index in [-0.39, 0.29) is 18.5 Å². The predicted octanol–water partition coefficient (Wildman–Crippen LogP) is 1.53. The number of aliphatic carboxylic acids is 1. The summed E-state index contributed by atoms with van der Waals surface area (Å²) >= 11 is 0. The van der Waals surface area contributed by atoms with Crippen molar-refractivity contribution in [3.63, 3.8) is 0 Å². The number of fused-ring (bicyclic) bond motifs is 1. The lowest BCUT2D eigenvalue weighted by molar-refractivity contribution is -0.129. The average Bonchev–Trinajstić information content (AvgIpc) is 2.73. The molecule has 1 aromatic heterocycles. The summed E-state index contributed by atoms with van der Waals surface area (Å²) in [6.07, 6.45) is 1.65. The second-order valence-corrected chi connectivity index (χ2v) is 3.64. The molecule has 1 amide bonds. The van der Waals surface area contributed by atoms with Gasteiger partial charge in [-0.3, -0.25) is 4.79 Å². The van der Waals surface area contributed by atoms with E-state index in [1.54, 1.807) is 6.07 Å². The lowest BCUT2D eigenvalue weighted by atomic mass is 10.1. The molecule has 0 saturated carbocycles. The molecule has 0 bridgehead atoms. The number of aliphatic imine (C=N–C) groups is 1. The molecule has 0 spiro atoms. The maximum absolute atomic E-state index is 13.4. The summed E-state index contributed by atoms with van der Waals surface area (Å²) in [5, 5.41) is 9.43. The molecular weight excluding hydrogens is 239 g/mol. The van der Waals surface area contributed by atoms with E-state index in [1.165, 1.54) is 18.3 Å². The number of hydrogen-bond donors (Lipinski definition) is 2. The van der Waals surface area contributed by atoms with Crippen LogP contribution in [0.2, 0.25) is 0 Å². The Hall–Kier alpha value is -2.50. The van der Waals surface area contributed by atoms with Crippen LogP contribution in [-0.2, 0) is 16.0 Å². The first-order chi connectivity index (χ1) is 8.63. The zero-order valence-corrected chi connectivity index (χ0v) is 9.18. The lowest BCUT2D eigenvalue weighted by Crippen LogP contribution is -2.16. The topological polar surface area (TPSA) is 82.5 Å². The number of nitrogens with zero attached hydrogens (tertiary/aromatic N) is 1. The van der Waals surface area contributed by atoms with E-state index in [2.05, 4.69) is 9.98 Å². The van der Waals surface area contributed by atoms with Gasteiger partial charge in [-0.25, -0.2) is 14.2 Å². The minimum absolute atomic E-state index is 0.0441. The van der Waals surface area contributed by atoms with Gasteiger partial charge in [-0.15, -0.1) is 0 Å². The molecule has 18 heavy (non-hydrogen) atoms. The molecule has 0 aliphatic rings. The molecule has 0 aliphatic carbocycles. The highest BCUT2D eigenvalue weighted by atomic mass is 19.1. The van der Waals surface area contributed by atoms with Gasteiger partial charge in [0.25, 0.3) is 0 Å². The Morgan fingerprint density at radius 1 is 1.50 bits per heavy atom. The van der Waals surface area contributed by atoms with Gasteiger partial charge in [-0.05, 0) is 11.6 Å². The van der Waals surface area contributed by atoms with Crippen LogP contribution < -0.4 is 0 Å². The van der Waals surface area contributed by atoms with Crippen LogP contribution in [0.15, 0.2) is 29.4 Å². The zero-order chi connectivity index (χ0) is 13.1. The Kier molecular flexibility index (Phi) is 3.18. The van der Waals surface area contributed by atoms with E-state index < -0.39 is 11.8 Å². The fourth-order valence-corrected chi connectivity index (χ4v) is 1.74. The molecule has 0 radical (unpaired) electrons. The molecule has 0 saturated heterocycles. The maximum Gasteiger partial charge on any atom is 0.350 e. The lowest BCUT2D eigenvalue weighted by Gasteiger charge is -1.99. The molecule has 0 aliphatic heterocycles. The number of aromatic amines is 1. The van der Waals surface area contributed by atoms with Gasteiger partial charge in [0.15, 0.2) is 0 Å². The van der Waals surface area contributed by atoms with Crippen molar-refractivity contribution in [2.45, 2.75) is 6.42 Å². The van der Waals surface area contributed by atoms with Gasteiger partial charge in [0.1, 0.15) is 11.5 Å². The number of halogens is 1. The fraction of sp³-hybridized carbons (Fsp3) is 0.0833. The Labute approximate surface area is 101 Å². The minimum Gasteiger partial charge on any atom is -0.477 e. The number of carboxylic acids is 1. The number of aromatic nitrogens is 1. The summed E-state index contributed by atoms with van der Waals surface area (Å²) in [5.74, 6) is -1.68. The summed E-state index contributed by atoms with van der Waals surface area (Å²) in [6.45, 7) is 0. The molecular formula is C12H9FN2O3. The second-order valence-electron chi connectivity index (χ2n) is 3.64. The number of nitrogens with one attached hydrogen (secondary N) is 1. The molecule has 2 N–H and O–H groups in total. The van der Waals surface area contributed by atoms with E-state index >= 15 is 0 Å². The SMILES string of the molecule is O=CN=C(Cc1c[nH]c2c(F)cccc12)C(=O)O. The van der Waals surface area contributed by atoms with Crippen LogP contribution in [0.3, 0.4) is 0 Å². The molecule has 1 heterocycles. The van der Waals surface area contributed by atoms with Crippen molar-refractivity contribution in [1.29, 1.82) is 0 Å². The molecule has 92 valence electrons. The van der Waals surface area contributed by atoms with E-state index in [0.717, 1.165) is 0 Å². The van der Waals surface area contributed by atoms with Gasteiger partial charge in [0, 0.05) is 18.0 Å². The van der Waals surface area contributed by atoms with Gasteiger partial charge in [-0.2, -0.15) is 0 Å². The third-order valence-corrected chi connectivity index (χ3v) is 2.56. The number of carbonyl (C=O) groups excluding carboxylic acids is 1. The summed E-state index contributed by atoms with van der Waals surface area (Å²) in [4.78, 5) is 27.1. The monoisotopic (exact) mass is 248 g/mol. The van der Waals surface area contributed by atoms with Gasteiger partial charge in [0.05, 0.1) is 5.52 Å². The van der Waals surface area contributed by atoms with E-state index in [0.29, 0.717) is 16.5 Å². The molecule has 0 fully saturated rings. The number of para-hydroxylation sites is 1. The zero-order valence-electron chi connectivity index (χ0n) is 9.18. The molecule has 5 nitrogen and oxygen atoms in total. The first-order valence-corrected chi connectivity index (χ1v) is 5.11. The highest BCUT2D eigenvalue weighted by molar-refractivity contribution is 6.37. The number of carbonyl (C=O) groups is 2. The third kappa shape index (κ3) is 2.13.